The molecule has 0 saturated carbocycles. The molecule has 1 saturated heterocycles. The topological polar surface area (TPSA) is 12.0 Å². The second-order valence-corrected chi connectivity index (χ2v) is 5.21. The Morgan fingerprint density at radius 1 is 1.36 bits per heavy atom. The van der Waals surface area contributed by atoms with E-state index in [0.717, 1.165) is 5.92 Å². The Kier molecular flexibility index (Phi) is 4.94. The van der Waals surface area contributed by atoms with E-state index in [-0.39, 0.29) is 0 Å². The Hall–Kier alpha value is -0.0400. The van der Waals surface area contributed by atoms with Gasteiger partial charge in [0.05, 0.1) is 0 Å². The molecule has 0 radical (unpaired) electrons. The molecule has 2 atom stereocenters. The minimum atomic E-state index is 0.467. The van der Waals surface area contributed by atoms with Crippen molar-refractivity contribution in [3.63, 3.8) is 0 Å². The summed E-state index contributed by atoms with van der Waals surface area (Å²) in [4.78, 5) is 0. The zero-order valence-electron chi connectivity index (χ0n) is 10.2. The van der Waals surface area contributed by atoms with Gasteiger partial charge in [-0.25, -0.2) is 0 Å². The molecule has 0 aliphatic carbocycles. The monoisotopic (exact) mass is 197 g/mol. The van der Waals surface area contributed by atoms with Gasteiger partial charge in [-0.05, 0) is 38.6 Å². The number of hydrogen-bond donors (Lipinski definition) is 1. The second kappa shape index (κ2) is 5.75. The number of hydrogen-bond acceptors (Lipinski definition) is 1. The molecule has 1 fully saturated rings. The van der Waals surface area contributed by atoms with Gasteiger partial charge in [0.2, 0.25) is 0 Å². The lowest BCUT2D eigenvalue weighted by atomic mass is 9.84. The van der Waals surface area contributed by atoms with E-state index in [1.54, 1.807) is 0 Å². The quantitative estimate of drug-likeness (QED) is 0.684. The van der Waals surface area contributed by atoms with E-state index in [2.05, 4.69) is 26.1 Å². The minimum Gasteiger partial charge on any atom is -0.312 e. The third kappa shape index (κ3) is 3.61. The zero-order valence-corrected chi connectivity index (χ0v) is 10.2. The van der Waals surface area contributed by atoms with Crippen LogP contribution in [0.5, 0.6) is 0 Å². The van der Waals surface area contributed by atoms with Crippen LogP contribution in [-0.2, 0) is 0 Å². The molecule has 1 nitrogen and oxygen atoms in total. The molecule has 1 N–H and O–H groups in total. The summed E-state index contributed by atoms with van der Waals surface area (Å²) >= 11 is 0. The van der Waals surface area contributed by atoms with Crippen LogP contribution in [-0.4, -0.2) is 12.1 Å². The smallest absolute Gasteiger partial charge is 0.0156 e. The maximum absolute atomic E-state index is 3.67. The third-order valence-electron chi connectivity index (χ3n) is 3.74. The van der Waals surface area contributed by atoms with Gasteiger partial charge < -0.3 is 5.32 Å². The van der Waals surface area contributed by atoms with Crippen LogP contribution in [0.3, 0.4) is 0 Å². The highest BCUT2D eigenvalue weighted by molar-refractivity contribution is 4.90. The Bertz CT molecular complexity index is 147. The van der Waals surface area contributed by atoms with E-state index in [4.69, 9.17) is 0 Å². The first-order valence-corrected chi connectivity index (χ1v) is 6.45. The molecule has 0 aromatic rings. The van der Waals surface area contributed by atoms with Crippen molar-refractivity contribution in [1.29, 1.82) is 0 Å². The van der Waals surface area contributed by atoms with Crippen LogP contribution in [0.4, 0.5) is 0 Å². The van der Waals surface area contributed by atoms with E-state index in [1.807, 2.05) is 0 Å². The number of nitrogens with one attached hydrogen (secondary N) is 1. The zero-order chi connectivity index (χ0) is 10.4. The van der Waals surface area contributed by atoms with E-state index in [1.165, 1.54) is 51.5 Å². The average Bonchev–Trinajstić information content (AvgIpc) is 2.60. The van der Waals surface area contributed by atoms with Crippen molar-refractivity contribution >= 4 is 0 Å². The largest absolute Gasteiger partial charge is 0.312 e. The first-order chi connectivity index (χ1) is 6.70. The molecule has 1 aliphatic heterocycles. The Labute approximate surface area is 89.7 Å². The molecular weight excluding hydrogens is 170 g/mol. The van der Waals surface area contributed by atoms with Gasteiger partial charge in [-0.2, -0.15) is 0 Å². The van der Waals surface area contributed by atoms with E-state index >= 15 is 0 Å². The van der Waals surface area contributed by atoms with Crippen molar-refractivity contribution in [2.75, 3.05) is 6.54 Å². The number of unbranched alkanes of at least 4 members (excludes halogenated alkanes) is 1. The maximum atomic E-state index is 3.67. The lowest BCUT2D eigenvalue weighted by Crippen LogP contribution is -2.38. The fraction of sp³-hybridized carbons (Fsp3) is 1.00. The van der Waals surface area contributed by atoms with Gasteiger partial charge in [0.1, 0.15) is 0 Å². The Morgan fingerprint density at radius 3 is 2.64 bits per heavy atom. The van der Waals surface area contributed by atoms with Crippen molar-refractivity contribution in [1.82, 2.24) is 5.32 Å². The van der Waals surface area contributed by atoms with Gasteiger partial charge in [-0.3, -0.25) is 0 Å². The van der Waals surface area contributed by atoms with Gasteiger partial charge >= 0.3 is 0 Å². The summed E-state index contributed by atoms with van der Waals surface area (Å²) in [5.41, 5.74) is 0.467. The summed E-state index contributed by atoms with van der Waals surface area (Å²) in [5, 5.41) is 3.67. The fourth-order valence-electron chi connectivity index (χ4n) is 2.71. The summed E-state index contributed by atoms with van der Waals surface area (Å²) in [6.07, 6.45) is 9.70. The molecule has 0 bridgehead atoms. The maximum Gasteiger partial charge on any atom is 0.0156 e. The number of rotatable bonds is 6. The SMILES string of the molecule is CCCCC(CC)CC1(C)CCCN1. The lowest BCUT2D eigenvalue weighted by molar-refractivity contribution is 0.285. The molecule has 1 heterocycles. The van der Waals surface area contributed by atoms with Gasteiger partial charge in [0.15, 0.2) is 0 Å². The molecule has 0 aromatic carbocycles. The van der Waals surface area contributed by atoms with E-state index < -0.39 is 0 Å². The Morgan fingerprint density at radius 2 is 2.14 bits per heavy atom. The fourth-order valence-corrected chi connectivity index (χ4v) is 2.71. The van der Waals surface area contributed by atoms with Crippen LogP contribution < -0.4 is 5.32 Å². The third-order valence-corrected chi connectivity index (χ3v) is 3.74. The molecule has 14 heavy (non-hydrogen) atoms. The highest BCUT2D eigenvalue weighted by Gasteiger charge is 2.29. The molecule has 1 heteroatoms. The van der Waals surface area contributed by atoms with Crippen LogP contribution in [0.15, 0.2) is 0 Å². The van der Waals surface area contributed by atoms with Crippen molar-refractivity contribution in [3.8, 4) is 0 Å². The predicted molar refractivity (Wildman–Crippen MR) is 63.6 cm³/mol. The van der Waals surface area contributed by atoms with Crippen LogP contribution in [0.2, 0.25) is 0 Å². The normalized spacial score (nSPS) is 29.4. The van der Waals surface area contributed by atoms with Crippen molar-refractivity contribution < 1.29 is 0 Å². The molecule has 0 amide bonds. The van der Waals surface area contributed by atoms with Crippen LogP contribution in [0.25, 0.3) is 0 Å². The average molecular weight is 197 g/mol. The van der Waals surface area contributed by atoms with Gasteiger partial charge in [0, 0.05) is 5.54 Å². The van der Waals surface area contributed by atoms with Crippen molar-refractivity contribution in [2.45, 2.75) is 71.3 Å². The predicted octanol–water partition coefficient (Wildman–Crippen LogP) is 3.74. The minimum absolute atomic E-state index is 0.467. The molecule has 2 unspecified atom stereocenters. The summed E-state index contributed by atoms with van der Waals surface area (Å²) in [5.74, 6) is 0.950. The van der Waals surface area contributed by atoms with Crippen LogP contribution in [0, 0.1) is 5.92 Å². The van der Waals surface area contributed by atoms with E-state index in [9.17, 15) is 0 Å². The van der Waals surface area contributed by atoms with E-state index in [0.29, 0.717) is 5.54 Å². The molecule has 0 aromatic heterocycles. The molecule has 84 valence electrons. The standard InChI is InChI=1S/C13H27N/c1-4-6-8-12(5-2)11-13(3)9-7-10-14-13/h12,14H,4-11H2,1-3H3. The van der Waals surface area contributed by atoms with Crippen LogP contribution in [0.1, 0.15) is 65.7 Å². The van der Waals surface area contributed by atoms with Crippen molar-refractivity contribution in [2.24, 2.45) is 5.92 Å². The first-order valence-electron chi connectivity index (χ1n) is 6.45. The summed E-state index contributed by atoms with van der Waals surface area (Å²) in [6, 6.07) is 0. The molecular formula is C13H27N. The summed E-state index contributed by atoms with van der Waals surface area (Å²) in [6.45, 7) is 8.29. The van der Waals surface area contributed by atoms with Gasteiger partial charge in [-0.1, -0.05) is 39.5 Å². The summed E-state index contributed by atoms with van der Waals surface area (Å²) < 4.78 is 0. The first kappa shape index (κ1) is 12.0. The van der Waals surface area contributed by atoms with Gasteiger partial charge in [-0.15, -0.1) is 0 Å². The molecule has 1 aliphatic rings. The second-order valence-electron chi connectivity index (χ2n) is 5.21. The molecule has 1 rings (SSSR count). The lowest BCUT2D eigenvalue weighted by Gasteiger charge is -2.29. The summed E-state index contributed by atoms with van der Waals surface area (Å²) in [7, 11) is 0. The molecule has 0 spiro atoms. The highest BCUT2D eigenvalue weighted by Crippen LogP contribution is 2.30. The highest BCUT2D eigenvalue weighted by atomic mass is 15.0. The van der Waals surface area contributed by atoms with Crippen LogP contribution >= 0.6 is 0 Å². The van der Waals surface area contributed by atoms with Crippen molar-refractivity contribution in [3.05, 3.63) is 0 Å². The van der Waals surface area contributed by atoms with Gasteiger partial charge in [0.25, 0.3) is 0 Å². The Balaban J connectivity index is 2.30.